The normalized spacial score (nSPS) is 7.50. The zero-order valence-electron chi connectivity index (χ0n) is 5.35. The van der Waals surface area contributed by atoms with Gasteiger partial charge in [-0.05, 0) is 6.54 Å². The smallest absolute Gasteiger partial charge is 0.00743 e. The van der Waals surface area contributed by atoms with Gasteiger partial charge >= 0.3 is 0 Å². The Morgan fingerprint density at radius 2 is 1.88 bits per heavy atom. The summed E-state index contributed by atoms with van der Waals surface area (Å²) in [5.74, 6) is 8.00. The molecule has 0 amide bonds. The van der Waals surface area contributed by atoms with E-state index in [1.807, 2.05) is 0 Å². The van der Waals surface area contributed by atoms with Gasteiger partial charge in [0, 0.05) is 13.1 Å². The first-order valence-electron chi connectivity index (χ1n) is 2.66. The molecule has 0 rings (SSSR count). The van der Waals surface area contributed by atoms with Crippen molar-refractivity contribution >= 4 is 0 Å². The van der Waals surface area contributed by atoms with E-state index < -0.39 is 0 Å². The van der Waals surface area contributed by atoms with E-state index in [0.29, 0.717) is 0 Å². The maximum Gasteiger partial charge on any atom is 0.00743 e. The summed E-state index contributed by atoms with van der Waals surface area (Å²) in [4.78, 5) is 0. The van der Waals surface area contributed by atoms with Gasteiger partial charge in [-0.25, -0.2) is 0 Å². The maximum atomic E-state index is 5.15. The number of nitrogens with two attached hydrogens (primary N) is 3. The minimum atomic E-state index is 0.744. The summed E-state index contributed by atoms with van der Waals surface area (Å²) in [6.45, 7) is 4.77. The molecule has 4 nitrogen and oxygen atoms in total. The second-order valence-corrected chi connectivity index (χ2v) is 1.14. The second kappa shape index (κ2) is 15.8. The van der Waals surface area contributed by atoms with Crippen LogP contribution in [0.2, 0.25) is 0 Å². The first-order valence-corrected chi connectivity index (χ1v) is 2.66. The summed E-state index contributed by atoms with van der Waals surface area (Å²) in [7, 11) is 0. The van der Waals surface area contributed by atoms with E-state index in [1.54, 1.807) is 0 Å². The number of hydrogen-bond donors (Lipinski definition) is 4. The maximum absolute atomic E-state index is 5.15. The third kappa shape index (κ3) is 17.0. The van der Waals surface area contributed by atoms with Crippen molar-refractivity contribution in [2.75, 3.05) is 19.6 Å². The van der Waals surface area contributed by atoms with Crippen molar-refractivity contribution in [3.05, 3.63) is 0 Å². The lowest BCUT2D eigenvalue weighted by atomic mass is 10.6. The predicted octanol–water partition coefficient (Wildman–Crippen LogP) is -1.63. The van der Waals surface area contributed by atoms with E-state index in [4.69, 9.17) is 5.73 Å². The summed E-state index contributed by atoms with van der Waals surface area (Å²) in [6, 6.07) is 0. The third-order valence-corrected chi connectivity index (χ3v) is 0.571. The van der Waals surface area contributed by atoms with Crippen LogP contribution < -0.4 is 22.7 Å². The van der Waals surface area contributed by atoms with Crippen molar-refractivity contribution in [2.24, 2.45) is 17.4 Å². The highest BCUT2D eigenvalue weighted by atomic mass is 15.0. The standard InChI is InChI=1S/C4H12N2.H4N2/c1-2-6-4-3-5;1-2/h6H,2-5H2,1H3;1-2H2. The number of nitrogens with one attached hydrogen (secondary N) is 1. The van der Waals surface area contributed by atoms with Gasteiger partial charge in [-0.1, -0.05) is 6.92 Å². The highest BCUT2D eigenvalue weighted by Gasteiger charge is 1.71. The molecule has 52 valence electrons. The fourth-order valence-electron chi connectivity index (χ4n) is 0.279. The van der Waals surface area contributed by atoms with Crippen LogP contribution in [-0.2, 0) is 0 Å². The molecule has 0 aliphatic rings. The van der Waals surface area contributed by atoms with Crippen molar-refractivity contribution in [1.29, 1.82) is 0 Å². The lowest BCUT2D eigenvalue weighted by molar-refractivity contribution is 0.725. The van der Waals surface area contributed by atoms with Crippen molar-refractivity contribution in [1.82, 2.24) is 5.32 Å². The quantitative estimate of drug-likeness (QED) is 0.204. The molecule has 0 saturated heterocycles. The summed E-state index contributed by atoms with van der Waals surface area (Å²) >= 11 is 0. The van der Waals surface area contributed by atoms with Gasteiger partial charge in [-0.15, -0.1) is 0 Å². The molecule has 0 aliphatic heterocycles. The Kier molecular flexibility index (Phi) is 21.3. The Balaban J connectivity index is 0. The van der Waals surface area contributed by atoms with Crippen molar-refractivity contribution in [3.8, 4) is 0 Å². The zero-order valence-corrected chi connectivity index (χ0v) is 5.35. The van der Waals surface area contributed by atoms with Gasteiger partial charge < -0.3 is 11.1 Å². The molecule has 0 aromatic heterocycles. The van der Waals surface area contributed by atoms with Crippen molar-refractivity contribution in [3.63, 3.8) is 0 Å². The number of likely N-dealkylation sites (N-methyl/N-ethyl adjacent to an activating group) is 1. The molecule has 0 spiro atoms. The van der Waals surface area contributed by atoms with E-state index >= 15 is 0 Å². The fourth-order valence-corrected chi connectivity index (χ4v) is 0.279. The monoisotopic (exact) mass is 120 g/mol. The molecule has 0 aromatic rings. The lowest BCUT2D eigenvalue weighted by Gasteiger charge is -1.92. The average molecular weight is 120 g/mol. The van der Waals surface area contributed by atoms with E-state index in [0.717, 1.165) is 19.6 Å². The highest BCUT2D eigenvalue weighted by molar-refractivity contribution is 4.39. The topological polar surface area (TPSA) is 90.1 Å². The minimum absolute atomic E-state index is 0.744. The second-order valence-electron chi connectivity index (χ2n) is 1.14. The molecule has 0 atom stereocenters. The molecular weight excluding hydrogens is 104 g/mol. The Labute approximate surface area is 50.4 Å². The molecule has 0 unspecified atom stereocenters. The average Bonchev–Trinajstić information content (AvgIpc) is 1.88. The van der Waals surface area contributed by atoms with Gasteiger partial charge in [-0.3, -0.25) is 11.7 Å². The van der Waals surface area contributed by atoms with E-state index in [-0.39, 0.29) is 0 Å². The Morgan fingerprint density at radius 1 is 1.38 bits per heavy atom. The Bertz CT molecular complexity index is 20.0. The molecule has 0 aliphatic carbocycles. The molecular formula is C4H16N4. The number of hydrogen-bond acceptors (Lipinski definition) is 4. The Hall–Kier alpha value is -0.160. The van der Waals surface area contributed by atoms with Crippen molar-refractivity contribution < 1.29 is 0 Å². The first-order chi connectivity index (χ1) is 3.91. The highest BCUT2D eigenvalue weighted by Crippen LogP contribution is 1.48. The fraction of sp³-hybridized carbons (Fsp3) is 1.00. The van der Waals surface area contributed by atoms with Crippen LogP contribution in [0.4, 0.5) is 0 Å². The van der Waals surface area contributed by atoms with Gasteiger partial charge in [0.2, 0.25) is 0 Å². The summed E-state index contributed by atoms with van der Waals surface area (Å²) < 4.78 is 0. The SMILES string of the molecule is CCNCCN.NN. The molecule has 8 heavy (non-hydrogen) atoms. The Morgan fingerprint density at radius 3 is 2.00 bits per heavy atom. The predicted molar refractivity (Wildman–Crippen MR) is 36.0 cm³/mol. The molecule has 0 heterocycles. The van der Waals surface area contributed by atoms with Crippen LogP contribution in [0.1, 0.15) is 6.92 Å². The van der Waals surface area contributed by atoms with Gasteiger partial charge in [0.25, 0.3) is 0 Å². The van der Waals surface area contributed by atoms with Crippen LogP contribution in [0.25, 0.3) is 0 Å². The summed E-state index contributed by atoms with van der Waals surface area (Å²) in [5, 5.41) is 3.07. The van der Waals surface area contributed by atoms with Crippen LogP contribution in [0.3, 0.4) is 0 Å². The lowest BCUT2D eigenvalue weighted by Crippen LogP contribution is -2.21. The molecule has 4 heteroatoms. The zero-order chi connectivity index (χ0) is 6.83. The molecule has 7 N–H and O–H groups in total. The largest absolute Gasteiger partial charge is 0.329 e. The van der Waals surface area contributed by atoms with Gasteiger partial charge in [0.05, 0.1) is 0 Å². The van der Waals surface area contributed by atoms with Crippen LogP contribution >= 0.6 is 0 Å². The molecule has 0 saturated carbocycles. The van der Waals surface area contributed by atoms with E-state index in [1.165, 1.54) is 0 Å². The molecule has 0 radical (unpaired) electrons. The first kappa shape index (κ1) is 10.8. The molecule has 0 aromatic carbocycles. The number of rotatable bonds is 3. The molecule has 0 fully saturated rings. The molecule has 0 bridgehead atoms. The van der Waals surface area contributed by atoms with Crippen LogP contribution in [0.5, 0.6) is 0 Å². The minimum Gasteiger partial charge on any atom is -0.329 e. The number of hydrazine groups is 1. The van der Waals surface area contributed by atoms with Crippen LogP contribution in [0.15, 0.2) is 0 Å². The van der Waals surface area contributed by atoms with Crippen LogP contribution in [-0.4, -0.2) is 19.6 Å². The van der Waals surface area contributed by atoms with Gasteiger partial charge in [0.15, 0.2) is 0 Å². The van der Waals surface area contributed by atoms with Crippen molar-refractivity contribution in [2.45, 2.75) is 6.92 Å². The summed E-state index contributed by atoms with van der Waals surface area (Å²) in [6.07, 6.45) is 0. The van der Waals surface area contributed by atoms with Crippen LogP contribution in [0, 0.1) is 0 Å². The van der Waals surface area contributed by atoms with Gasteiger partial charge in [0.1, 0.15) is 0 Å². The van der Waals surface area contributed by atoms with Gasteiger partial charge in [-0.2, -0.15) is 0 Å². The van der Waals surface area contributed by atoms with E-state index in [2.05, 4.69) is 23.9 Å². The van der Waals surface area contributed by atoms with E-state index in [9.17, 15) is 0 Å². The third-order valence-electron chi connectivity index (χ3n) is 0.571. The summed E-state index contributed by atoms with van der Waals surface area (Å²) in [5.41, 5.74) is 5.15.